The van der Waals surface area contributed by atoms with Crippen molar-refractivity contribution in [2.24, 2.45) is 7.05 Å². The second kappa shape index (κ2) is 4.34. The molecule has 0 atom stereocenters. The van der Waals surface area contributed by atoms with Gasteiger partial charge < -0.3 is 18.8 Å². The SMILES string of the molecule is COc1cc2c(cc1-c1ncc3c(ncn3C)n1)OCO2. The quantitative estimate of drug-likeness (QED) is 0.714. The zero-order valence-electron chi connectivity index (χ0n) is 11.5. The summed E-state index contributed by atoms with van der Waals surface area (Å²) in [5, 5.41) is 0. The van der Waals surface area contributed by atoms with Crippen molar-refractivity contribution in [1.29, 1.82) is 0 Å². The van der Waals surface area contributed by atoms with E-state index in [4.69, 9.17) is 14.2 Å². The summed E-state index contributed by atoms with van der Waals surface area (Å²) < 4.78 is 18.0. The molecule has 0 aliphatic carbocycles. The normalized spacial score (nSPS) is 12.9. The number of imidazole rings is 1. The maximum atomic E-state index is 5.40. The monoisotopic (exact) mass is 284 g/mol. The molecule has 3 heterocycles. The van der Waals surface area contributed by atoms with Gasteiger partial charge in [0.05, 0.1) is 25.2 Å². The Morgan fingerprint density at radius 2 is 2.00 bits per heavy atom. The molecule has 0 radical (unpaired) electrons. The second-order valence-corrected chi connectivity index (χ2v) is 4.66. The van der Waals surface area contributed by atoms with Crippen LogP contribution in [-0.4, -0.2) is 33.4 Å². The third kappa shape index (κ3) is 1.78. The summed E-state index contributed by atoms with van der Waals surface area (Å²) in [6.07, 6.45) is 3.45. The molecule has 0 spiro atoms. The van der Waals surface area contributed by atoms with Gasteiger partial charge in [-0.05, 0) is 6.07 Å². The first kappa shape index (κ1) is 12.0. The Morgan fingerprint density at radius 3 is 2.81 bits per heavy atom. The molecule has 21 heavy (non-hydrogen) atoms. The number of hydrogen-bond donors (Lipinski definition) is 0. The van der Waals surface area contributed by atoms with E-state index < -0.39 is 0 Å². The van der Waals surface area contributed by atoms with E-state index in [1.807, 2.05) is 17.7 Å². The van der Waals surface area contributed by atoms with Crippen LogP contribution in [0.1, 0.15) is 0 Å². The highest BCUT2D eigenvalue weighted by Crippen LogP contribution is 2.41. The van der Waals surface area contributed by atoms with Crippen molar-refractivity contribution in [2.45, 2.75) is 0 Å². The first-order chi connectivity index (χ1) is 10.3. The van der Waals surface area contributed by atoms with Gasteiger partial charge in [-0.25, -0.2) is 15.0 Å². The van der Waals surface area contributed by atoms with Gasteiger partial charge in [0, 0.05) is 13.1 Å². The lowest BCUT2D eigenvalue weighted by Gasteiger charge is -2.08. The molecule has 0 N–H and O–H groups in total. The van der Waals surface area contributed by atoms with Gasteiger partial charge >= 0.3 is 0 Å². The Balaban J connectivity index is 1.91. The molecule has 7 heteroatoms. The van der Waals surface area contributed by atoms with Crippen LogP contribution in [0, 0.1) is 0 Å². The van der Waals surface area contributed by atoms with Gasteiger partial charge in [0.25, 0.3) is 0 Å². The standard InChI is InChI=1S/C14H12N4O3/c1-18-6-16-14-9(18)5-15-13(17-14)8-3-11-12(21-7-20-11)4-10(8)19-2/h3-6H,7H2,1-2H3. The van der Waals surface area contributed by atoms with Crippen molar-refractivity contribution in [2.75, 3.05) is 13.9 Å². The van der Waals surface area contributed by atoms with E-state index in [9.17, 15) is 0 Å². The zero-order chi connectivity index (χ0) is 14.4. The minimum absolute atomic E-state index is 0.210. The molecule has 0 amide bonds. The van der Waals surface area contributed by atoms with Gasteiger partial charge in [-0.1, -0.05) is 0 Å². The summed E-state index contributed by atoms with van der Waals surface area (Å²) in [6.45, 7) is 0.210. The zero-order valence-corrected chi connectivity index (χ0v) is 11.5. The van der Waals surface area contributed by atoms with Crippen molar-refractivity contribution >= 4 is 11.2 Å². The third-order valence-electron chi connectivity index (χ3n) is 3.42. The number of rotatable bonds is 2. The summed E-state index contributed by atoms with van der Waals surface area (Å²) in [7, 11) is 3.50. The van der Waals surface area contributed by atoms with Gasteiger partial charge in [-0.15, -0.1) is 0 Å². The van der Waals surface area contributed by atoms with E-state index in [0.717, 1.165) is 11.1 Å². The molecule has 2 aromatic heterocycles. The van der Waals surface area contributed by atoms with Crippen LogP contribution in [0.25, 0.3) is 22.6 Å². The Hall–Kier alpha value is -2.83. The van der Waals surface area contributed by atoms with Gasteiger partial charge in [0.1, 0.15) is 11.3 Å². The highest BCUT2D eigenvalue weighted by atomic mass is 16.7. The first-order valence-corrected chi connectivity index (χ1v) is 6.38. The fourth-order valence-corrected chi connectivity index (χ4v) is 2.31. The highest BCUT2D eigenvalue weighted by Gasteiger charge is 2.20. The van der Waals surface area contributed by atoms with Crippen LogP contribution in [0.2, 0.25) is 0 Å². The topological polar surface area (TPSA) is 71.3 Å². The maximum Gasteiger partial charge on any atom is 0.231 e. The van der Waals surface area contributed by atoms with Crippen molar-refractivity contribution in [3.8, 4) is 28.6 Å². The van der Waals surface area contributed by atoms with Crippen molar-refractivity contribution in [1.82, 2.24) is 19.5 Å². The van der Waals surface area contributed by atoms with Crippen molar-refractivity contribution < 1.29 is 14.2 Å². The van der Waals surface area contributed by atoms with Crippen LogP contribution in [0.3, 0.4) is 0 Å². The Labute approximate surface area is 120 Å². The predicted octanol–water partition coefficient (Wildman–Crippen LogP) is 1.77. The molecule has 0 saturated carbocycles. The van der Waals surface area contributed by atoms with Crippen LogP contribution >= 0.6 is 0 Å². The maximum absolute atomic E-state index is 5.40. The number of ether oxygens (including phenoxy) is 3. The van der Waals surface area contributed by atoms with E-state index in [-0.39, 0.29) is 6.79 Å². The van der Waals surface area contributed by atoms with Gasteiger partial charge in [-0.2, -0.15) is 0 Å². The largest absolute Gasteiger partial charge is 0.496 e. The van der Waals surface area contributed by atoms with E-state index >= 15 is 0 Å². The van der Waals surface area contributed by atoms with E-state index in [1.165, 1.54) is 0 Å². The molecule has 0 fully saturated rings. The number of hydrogen-bond acceptors (Lipinski definition) is 6. The fourth-order valence-electron chi connectivity index (χ4n) is 2.31. The van der Waals surface area contributed by atoms with Crippen LogP contribution < -0.4 is 14.2 Å². The second-order valence-electron chi connectivity index (χ2n) is 4.66. The highest BCUT2D eigenvalue weighted by molar-refractivity contribution is 5.76. The molecule has 0 unspecified atom stereocenters. The molecular weight excluding hydrogens is 272 g/mol. The molecule has 7 nitrogen and oxygen atoms in total. The number of aryl methyl sites for hydroxylation is 1. The summed E-state index contributed by atoms with van der Waals surface area (Å²) in [5.41, 5.74) is 2.26. The van der Waals surface area contributed by atoms with Crippen LogP contribution in [0.5, 0.6) is 17.2 Å². The van der Waals surface area contributed by atoms with Crippen molar-refractivity contribution in [3.05, 3.63) is 24.7 Å². The Morgan fingerprint density at radius 1 is 1.19 bits per heavy atom. The molecule has 106 valence electrons. The Bertz CT molecular complexity index is 844. The molecule has 0 saturated heterocycles. The number of methoxy groups -OCH3 is 1. The van der Waals surface area contributed by atoms with Crippen LogP contribution in [0.15, 0.2) is 24.7 Å². The van der Waals surface area contributed by atoms with Crippen LogP contribution in [-0.2, 0) is 7.05 Å². The fraction of sp³-hybridized carbons (Fsp3) is 0.214. The number of benzene rings is 1. The predicted molar refractivity (Wildman–Crippen MR) is 74.4 cm³/mol. The van der Waals surface area contributed by atoms with E-state index in [1.54, 1.807) is 25.7 Å². The lowest BCUT2D eigenvalue weighted by atomic mass is 10.1. The smallest absolute Gasteiger partial charge is 0.231 e. The van der Waals surface area contributed by atoms with Crippen molar-refractivity contribution in [3.63, 3.8) is 0 Å². The van der Waals surface area contributed by atoms with Crippen LogP contribution in [0.4, 0.5) is 0 Å². The number of fused-ring (bicyclic) bond motifs is 2. The van der Waals surface area contributed by atoms with Gasteiger partial charge in [0.15, 0.2) is 23.0 Å². The molecule has 1 aromatic carbocycles. The first-order valence-electron chi connectivity index (χ1n) is 6.38. The van der Waals surface area contributed by atoms with Gasteiger partial charge in [-0.3, -0.25) is 0 Å². The average Bonchev–Trinajstić information content (AvgIpc) is 3.12. The number of aromatic nitrogens is 4. The average molecular weight is 284 g/mol. The lowest BCUT2D eigenvalue weighted by Crippen LogP contribution is -1.95. The lowest BCUT2D eigenvalue weighted by molar-refractivity contribution is 0.174. The molecule has 4 rings (SSSR count). The van der Waals surface area contributed by atoms with Gasteiger partial charge in [0.2, 0.25) is 6.79 Å². The summed E-state index contributed by atoms with van der Waals surface area (Å²) in [4.78, 5) is 13.1. The molecular formula is C14H12N4O3. The Kier molecular flexibility index (Phi) is 2.47. The molecule has 0 bridgehead atoms. The molecule has 1 aliphatic heterocycles. The summed E-state index contributed by atoms with van der Waals surface area (Å²) in [6, 6.07) is 3.61. The molecule has 3 aromatic rings. The summed E-state index contributed by atoms with van der Waals surface area (Å²) in [5.74, 6) is 2.50. The minimum atomic E-state index is 0.210. The number of nitrogens with zero attached hydrogens (tertiary/aromatic N) is 4. The summed E-state index contributed by atoms with van der Waals surface area (Å²) >= 11 is 0. The third-order valence-corrected chi connectivity index (χ3v) is 3.42. The van der Waals surface area contributed by atoms with E-state index in [2.05, 4.69) is 15.0 Å². The van der Waals surface area contributed by atoms with E-state index in [0.29, 0.717) is 28.7 Å². The minimum Gasteiger partial charge on any atom is -0.496 e. The molecule has 1 aliphatic rings.